The van der Waals surface area contributed by atoms with Gasteiger partial charge in [-0.2, -0.15) is 0 Å². The van der Waals surface area contributed by atoms with Crippen molar-refractivity contribution in [2.75, 3.05) is 56.0 Å². The van der Waals surface area contributed by atoms with Crippen LogP contribution in [0.1, 0.15) is 35.4 Å². The summed E-state index contributed by atoms with van der Waals surface area (Å²) in [6.45, 7) is -0.631. The zero-order chi connectivity index (χ0) is 58.4. The normalized spacial score (nSPS) is 14.8. The van der Waals surface area contributed by atoms with E-state index in [1.165, 1.54) is 43.3 Å². The second-order valence-electron chi connectivity index (χ2n) is 18.3. The van der Waals surface area contributed by atoms with E-state index in [1.807, 2.05) is 74.4 Å². The average molecular weight is 1120 g/mol. The summed E-state index contributed by atoms with van der Waals surface area (Å²) in [5.74, 6) is -12.5. The molecule has 0 unspecified atom stereocenters. The van der Waals surface area contributed by atoms with Gasteiger partial charge in [-0.1, -0.05) is 6.08 Å². The number of fused-ring (bicyclic) bond motifs is 2. The Kier molecular flexibility index (Phi) is 20.2. The Morgan fingerprint density at radius 1 is 0.662 bits per heavy atom. The van der Waals surface area contributed by atoms with Crippen LogP contribution < -0.4 is 46.9 Å². The zero-order valence-corrected chi connectivity index (χ0v) is 44.2. The molecule has 0 bridgehead atoms. The third kappa shape index (κ3) is 16.0. The number of anilines is 2. The lowest BCUT2D eigenvalue weighted by molar-refractivity contribution is -0.144. The molecule has 0 radical (unpaired) electrons. The number of hydrogen-bond donors (Lipinski definition) is 12. The Labute approximate surface area is 459 Å². The number of aromatic amines is 2. The average Bonchev–Trinajstić information content (AvgIpc) is 4.27. The van der Waals surface area contributed by atoms with Crippen LogP contribution in [-0.2, 0) is 60.8 Å². The first-order valence-corrected chi connectivity index (χ1v) is 25.4. The molecule has 6 rings (SSSR count). The second-order valence-corrected chi connectivity index (χ2v) is 19.4. The number of nitrogens with two attached hydrogens (primary N) is 1. The predicted molar refractivity (Wildman–Crippen MR) is 288 cm³/mol. The van der Waals surface area contributed by atoms with Gasteiger partial charge in [-0.05, 0) is 42.0 Å². The van der Waals surface area contributed by atoms with E-state index >= 15 is 0 Å². The van der Waals surface area contributed by atoms with Gasteiger partial charge in [-0.3, -0.25) is 38.4 Å². The van der Waals surface area contributed by atoms with Crippen LogP contribution in [0.4, 0.5) is 11.4 Å². The van der Waals surface area contributed by atoms with E-state index in [0.717, 1.165) is 23.1 Å². The van der Waals surface area contributed by atoms with Crippen LogP contribution in [0.3, 0.4) is 0 Å². The van der Waals surface area contributed by atoms with Gasteiger partial charge in [-0.25, -0.2) is 24.5 Å². The van der Waals surface area contributed by atoms with Gasteiger partial charge in [0.1, 0.15) is 41.7 Å². The molecular formula is C51H57N13O15S. The number of rotatable bonds is 26. The van der Waals surface area contributed by atoms with Crippen LogP contribution in [0, 0.1) is 0 Å². The van der Waals surface area contributed by atoms with E-state index in [1.54, 1.807) is 0 Å². The second kappa shape index (κ2) is 27.1. The van der Waals surface area contributed by atoms with Crippen molar-refractivity contribution in [2.24, 2.45) is 10.7 Å². The van der Waals surface area contributed by atoms with Crippen LogP contribution in [0.25, 0.3) is 5.57 Å². The first-order chi connectivity index (χ1) is 38.0. The van der Waals surface area contributed by atoms with Crippen LogP contribution in [0.15, 0.2) is 95.8 Å². The summed E-state index contributed by atoms with van der Waals surface area (Å²) in [7, 11) is 7.48. The van der Waals surface area contributed by atoms with Crippen molar-refractivity contribution >= 4 is 93.7 Å². The van der Waals surface area contributed by atoms with Crippen molar-refractivity contribution < 1.29 is 73.1 Å². The molecule has 1 aliphatic heterocycles. The molecule has 0 spiro atoms. The minimum atomic E-state index is -2.04. The molecule has 0 saturated carbocycles. The van der Waals surface area contributed by atoms with E-state index in [2.05, 4.69) is 51.5 Å². The van der Waals surface area contributed by atoms with Gasteiger partial charge in [0, 0.05) is 111 Å². The Bertz CT molecular complexity index is 3110. The quantitative estimate of drug-likeness (QED) is 0.0327. The van der Waals surface area contributed by atoms with Crippen LogP contribution in [0.2, 0.25) is 0 Å². The molecule has 4 aromatic rings. The Morgan fingerprint density at radius 2 is 1.15 bits per heavy atom. The molecule has 2 aliphatic rings. The van der Waals surface area contributed by atoms with Crippen LogP contribution in [-0.4, -0.2) is 182 Å². The third-order valence-corrected chi connectivity index (χ3v) is 13.1. The summed E-state index contributed by atoms with van der Waals surface area (Å²) in [5, 5.41) is 51.0. The van der Waals surface area contributed by atoms with Gasteiger partial charge >= 0.3 is 23.9 Å². The van der Waals surface area contributed by atoms with Crippen LogP contribution in [0.5, 0.6) is 11.5 Å². The Morgan fingerprint density at radius 3 is 1.61 bits per heavy atom. The smallest absolute Gasteiger partial charge is 0.336 e. The fourth-order valence-corrected chi connectivity index (χ4v) is 8.91. The lowest BCUT2D eigenvalue weighted by Gasteiger charge is -2.28. The first-order valence-electron chi connectivity index (χ1n) is 24.2. The topological polar surface area (TPSA) is 423 Å². The Balaban J connectivity index is 1.16. The third-order valence-electron chi connectivity index (χ3n) is 12.1. The van der Waals surface area contributed by atoms with Gasteiger partial charge in [0.2, 0.25) is 29.5 Å². The van der Waals surface area contributed by atoms with Gasteiger partial charge in [0.05, 0.1) is 49.1 Å². The van der Waals surface area contributed by atoms with E-state index < -0.39 is 120 Å². The molecule has 422 valence electrons. The number of ether oxygens (including phenoxy) is 1. The molecule has 29 heteroatoms. The molecule has 5 atom stereocenters. The van der Waals surface area contributed by atoms with Gasteiger partial charge in [-0.15, -0.1) is 11.8 Å². The number of carbonyl (C=O) groups excluding carboxylic acids is 6. The minimum absolute atomic E-state index is 0.0244. The molecule has 28 nitrogen and oxygen atoms in total. The maximum Gasteiger partial charge on any atom is 0.336 e. The number of aliphatic imine (C=N–C) groups is 1. The number of carboxylic acids is 4. The summed E-state index contributed by atoms with van der Waals surface area (Å²) in [4.78, 5) is 151. The maximum absolute atomic E-state index is 13.8. The fourth-order valence-electron chi connectivity index (χ4n) is 8.09. The molecule has 0 fully saturated rings. The van der Waals surface area contributed by atoms with Gasteiger partial charge in [0.25, 0.3) is 5.91 Å². The number of carbonyl (C=O) groups is 10. The lowest BCUT2D eigenvalue weighted by Crippen LogP contribution is -2.60. The Hall–Kier alpha value is -9.64. The molecule has 13 N–H and O–H groups in total. The predicted octanol–water partition coefficient (Wildman–Crippen LogP) is -0.644. The number of amides is 6. The molecule has 80 heavy (non-hydrogen) atoms. The van der Waals surface area contributed by atoms with Gasteiger partial charge in [0.15, 0.2) is 0 Å². The highest BCUT2D eigenvalue weighted by molar-refractivity contribution is 8.00. The van der Waals surface area contributed by atoms with Crippen molar-refractivity contribution in [3.63, 3.8) is 0 Å². The molecule has 2 aromatic heterocycles. The minimum Gasteiger partial charge on any atom is -0.481 e. The number of thioether (sulfide) groups is 1. The zero-order valence-electron chi connectivity index (χ0n) is 43.3. The molecule has 2 aromatic carbocycles. The SMILES string of the molecule is CN(C)c1ccc2c(c1)Oc1cc(N(C)C)ccc1C2=C1C=CC(=NC(=O)CSC[C@H](NC(=O)CN)C(=O)N[C@@H](CC(=O)O)C(=O)N[C@@H](CC(=O)O)C(=O)N[C@@H](Cc2cnc[nH]2)C(=O)N[C@@H](Cc2cnc[nH]2)C(=O)O)C=C1C(=O)O. The number of H-pyrrole nitrogens is 2. The number of benzene rings is 2. The lowest BCUT2D eigenvalue weighted by atomic mass is 9.84. The summed E-state index contributed by atoms with van der Waals surface area (Å²) in [5.41, 5.74) is 9.66. The van der Waals surface area contributed by atoms with Crippen LogP contribution >= 0.6 is 11.8 Å². The highest BCUT2D eigenvalue weighted by Gasteiger charge is 2.36. The number of nitrogens with one attached hydrogen (secondary N) is 7. The van der Waals surface area contributed by atoms with Crippen molar-refractivity contribution in [2.45, 2.75) is 55.9 Å². The van der Waals surface area contributed by atoms with Gasteiger partial charge < -0.3 is 77.2 Å². The monoisotopic (exact) mass is 1120 g/mol. The van der Waals surface area contributed by atoms with Crippen molar-refractivity contribution in [1.29, 1.82) is 0 Å². The number of hydrogen-bond acceptors (Lipinski definition) is 17. The largest absolute Gasteiger partial charge is 0.481 e. The molecule has 1 aliphatic carbocycles. The number of aromatic nitrogens is 4. The highest BCUT2D eigenvalue weighted by atomic mass is 32.2. The number of imidazole rings is 2. The van der Waals surface area contributed by atoms with Crippen molar-refractivity contribution in [1.82, 2.24) is 46.5 Å². The summed E-state index contributed by atoms with van der Waals surface area (Å²) in [6.07, 6.45) is 6.52. The first kappa shape index (κ1) is 59.6. The van der Waals surface area contributed by atoms with E-state index in [4.69, 9.17) is 10.5 Å². The molecule has 6 amide bonds. The number of carboxylic acid groups (broad SMARTS) is 4. The van der Waals surface area contributed by atoms with E-state index in [9.17, 15) is 68.4 Å². The summed E-state index contributed by atoms with van der Waals surface area (Å²) < 4.78 is 6.37. The maximum atomic E-state index is 13.8. The van der Waals surface area contributed by atoms with E-state index in [0.29, 0.717) is 39.5 Å². The van der Waals surface area contributed by atoms with Crippen molar-refractivity contribution in [3.8, 4) is 11.5 Å². The number of allylic oxidation sites excluding steroid dienone is 3. The number of aliphatic carboxylic acids is 4. The standard InChI is InChI=1S/C51H57N13O15S/c1-63(2)28-6-9-31-39(14-28)79-40-15-29(64(3)4)7-10-32(40)45(31)30-8-5-25(11-33(30)50(75)76)57-42(66)22-80-21-38(58-41(65)18-52)49(74)61-36(17-44(69)70)48(73)60-35(16-43(67)68)47(72)59-34(12-26-19-53-23-55-26)46(71)62-37(51(77)78)13-27-20-54-24-56-27/h5-11,14-15,19-20,23-24,34-38H,12-13,16-18,21-22,52H2,1-4H3,(H,53,55)(H,54,56)(H,58,65)(H,59,72)(H,60,73)(H,61,74)(H,62,71)(H,67,68)(H,69,70)(H,75,76)(H,77,78)/t34-,35-,36-,37-,38-/m0/s1. The van der Waals surface area contributed by atoms with Crippen molar-refractivity contribution in [3.05, 3.63) is 113 Å². The van der Waals surface area contributed by atoms with E-state index in [-0.39, 0.29) is 29.8 Å². The summed E-state index contributed by atoms with van der Waals surface area (Å²) >= 11 is 0.770. The molecule has 0 saturated heterocycles. The highest BCUT2D eigenvalue weighted by Crippen LogP contribution is 2.48. The molecule has 3 heterocycles. The summed E-state index contributed by atoms with van der Waals surface area (Å²) in [6, 6.07) is 2.25. The molecular weight excluding hydrogens is 1070 g/mol. The fraction of sp³-hybridized carbons (Fsp3) is 0.314. The number of nitrogens with zero attached hydrogens (tertiary/aromatic N) is 5.